The second-order valence-corrected chi connectivity index (χ2v) is 3.25. The molecule has 0 fully saturated rings. The summed E-state index contributed by atoms with van der Waals surface area (Å²) in [6.07, 6.45) is 0. The molecular formula is C12H11BrO. The van der Waals surface area contributed by atoms with Gasteiger partial charge in [0.1, 0.15) is 0 Å². The van der Waals surface area contributed by atoms with E-state index in [2.05, 4.69) is 15.9 Å². The smallest absolute Gasteiger partial charge is 0.173 e. The van der Waals surface area contributed by atoms with Crippen molar-refractivity contribution in [3.8, 4) is 0 Å². The second-order valence-electron chi connectivity index (χ2n) is 2.69. The Kier molecular flexibility index (Phi) is 4.94. The fourth-order valence-electron chi connectivity index (χ4n) is 0.958. The molecule has 0 spiro atoms. The SMILES string of the molecule is O=C(CBr)c1ccccccccc1. The molecule has 2 heteroatoms. The Morgan fingerprint density at radius 3 is 1.79 bits per heavy atom. The standard InChI is InChI=1S/C12H11BrO/c13-10-12(14)11-8-6-4-2-1-3-5-7-9-11/h1-9H,10H2. The van der Waals surface area contributed by atoms with E-state index in [9.17, 15) is 4.79 Å². The number of carbonyl (C=O) groups excluding carboxylic acids is 1. The van der Waals surface area contributed by atoms with Crippen LogP contribution in [0.2, 0.25) is 0 Å². The van der Waals surface area contributed by atoms with Crippen LogP contribution >= 0.6 is 15.9 Å². The Bertz CT molecular complexity index is 334. The molecule has 0 saturated heterocycles. The maximum Gasteiger partial charge on any atom is 0.173 e. The largest absolute Gasteiger partial charge is 0.293 e. The van der Waals surface area contributed by atoms with Crippen molar-refractivity contribution in [2.24, 2.45) is 0 Å². The van der Waals surface area contributed by atoms with Gasteiger partial charge in [-0.25, -0.2) is 0 Å². The van der Waals surface area contributed by atoms with Crippen molar-refractivity contribution in [3.63, 3.8) is 0 Å². The van der Waals surface area contributed by atoms with Crippen molar-refractivity contribution in [2.45, 2.75) is 0 Å². The van der Waals surface area contributed by atoms with Crippen molar-refractivity contribution >= 4 is 21.7 Å². The molecule has 0 saturated carbocycles. The molecule has 1 nitrogen and oxygen atoms in total. The number of ketones is 1. The molecule has 0 radical (unpaired) electrons. The van der Waals surface area contributed by atoms with E-state index in [1.54, 1.807) is 0 Å². The van der Waals surface area contributed by atoms with Gasteiger partial charge < -0.3 is 0 Å². The van der Waals surface area contributed by atoms with Crippen LogP contribution in [-0.4, -0.2) is 11.1 Å². The third kappa shape index (κ3) is 3.71. The van der Waals surface area contributed by atoms with Crippen LogP contribution in [0.3, 0.4) is 0 Å². The molecule has 14 heavy (non-hydrogen) atoms. The normalized spacial score (nSPS) is 8.93. The first-order valence-corrected chi connectivity index (χ1v) is 5.44. The van der Waals surface area contributed by atoms with Crippen LogP contribution in [0.4, 0.5) is 0 Å². The van der Waals surface area contributed by atoms with Gasteiger partial charge in [-0.2, -0.15) is 0 Å². The van der Waals surface area contributed by atoms with E-state index in [4.69, 9.17) is 0 Å². The number of hydrogen-bond acceptors (Lipinski definition) is 1. The molecule has 1 rings (SSSR count). The molecule has 0 aliphatic rings. The molecule has 0 bridgehead atoms. The van der Waals surface area contributed by atoms with E-state index >= 15 is 0 Å². The molecular weight excluding hydrogens is 240 g/mol. The van der Waals surface area contributed by atoms with Gasteiger partial charge in [0, 0.05) is 5.56 Å². The summed E-state index contributed by atoms with van der Waals surface area (Å²) in [6.45, 7) is 0. The van der Waals surface area contributed by atoms with Gasteiger partial charge in [0.25, 0.3) is 0 Å². The van der Waals surface area contributed by atoms with E-state index in [0.29, 0.717) is 10.9 Å². The number of hydrogen-bond donors (Lipinski definition) is 0. The van der Waals surface area contributed by atoms with Gasteiger partial charge in [0.2, 0.25) is 0 Å². The van der Waals surface area contributed by atoms with Gasteiger partial charge in [-0.15, -0.1) is 0 Å². The third-order valence-corrected chi connectivity index (χ3v) is 2.17. The highest BCUT2D eigenvalue weighted by Crippen LogP contribution is 1.99. The molecule has 0 atom stereocenters. The zero-order chi connectivity index (χ0) is 10.2. The van der Waals surface area contributed by atoms with Crippen LogP contribution in [0, 0.1) is 0 Å². The zero-order valence-electron chi connectivity index (χ0n) is 7.69. The second kappa shape index (κ2) is 6.33. The molecule has 0 amide bonds. The van der Waals surface area contributed by atoms with Gasteiger partial charge in [-0.05, 0) is 0 Å². The molecule has 0 heterocycles. The van der Waals surface area contributed by atoms with Crippen molar-refractivity contribution in [1.29, 1.82) is 0 Å². The van der Waals surface area contributed by atoms with Crippen molar-refractivity contribution in [3.05, 3.63) is 60.2 Å². The third-order valence-electron chi connectivity index (χ3n) is 1.66. The van der Waals surface area contributed by atoms with Gasteiger partial charge in [-0.3, -0.25) is 4.79 Å². The summed E-state index contributed by atoms with van der Waals surface area (Å²) in [6, 6.07) is 16.9. The summed E-state index contributed by atoms with van der Waals surface area (Å²) >= 11 is 3.15. The monoisotopic (exact) mass is 250 g/mol. The molecule has 0 unspecified atom stereocenters. The van der Waals surface area contributed by atoms with Gasteiger partial charge in [0.15, 0.2) is 5.78 Å². The minimum absolute atomic E-state index is 0.0869. The summed E-state index contributed by atoms with van der Waals surface area (Å²) in [4.78, 5) is 11.4. The van der Waals surface area contributed by atoms with Crippen LogP contribution in [0.1, 0.15) is 10.4 Å². The predicted molar refractivity (Wildman–Crippen MR) is 62.2 cm³/mol. The highest BCUT2D eigenvalue weighted by atomic mass is 79.9. The van der Waals surface area contributed by atoms with Crippen LogP contribution in [0.5, 0.6) is 0 Å². The number of alkyl halides is 1. The molecule has 72 valence electrons. The van der Waals surface area contributed by atoms with E-state index in [-0.39, 0.29) is 5.78 Å². The van der Waals surface area contributed by atoms with Gasteiger partial charge in [-0.1, -0.05) is 70.5 Å². The van der Waals surface area contributed by atoms with E-state index in [1.165, 1.54) is 0 Å². The fourth-order valence-corrected chi connectivity index (χ4v) is 1.28. The zero-order valence-corrected chi connectivity index (χ0v) is 9.28. The fraction of sp³-hybridized carbons (Fsp3) is 0.0833. The summed E-state index contributed by atoms with van der Waals surface area (Å²) < 4.78 is 0. The highest BCUT2D eigenvalue weighted by Gasteiger charge is 1.98. The quantitative estimate of drug-likeness (QED) is 0.581. The maximum atomic E-state index is 11.4. The predicted octanol–water partition coefficient (Wildman–Crippen LogP) is 3.39. The number of carbonyl (C=O) groups is 1. The number of Topliss-reactive ketones (excluding diaryl/α,β-unsaturated/α-hetero) is 1. The first-order valence-electron chi connectivity index (χ1n) is 4.32. The van der Waals surface area contributed by atoms with E-state index < -0.39 is 0 Å². The Balaban J connectivity index is 3.13. The van der Waals surface area contributed by atoms with Crippen molar-refractivity contribution in [2.75, 3.05) is 5.33 Å². The Morgan fingerprint density at radius 1 is 0.929 bits per heavy atom. The summed E-state index contributed by atoms with van der Waals surface area (Å²) in [7, 11) is 0. The lowest BCUT2D eigenvalue weighted by atomic mass is 10.2. The topological polar surface area (TPSA) is 17.1 Å². The minimum Gasteiger partial charge on any atom is -0.293 e. The van der Waals surface area contributed by atoms with Crippen LogP contribution in [0.25, 0.3) is 0 Å². The van der Waals surface area contributed by atoms with Crippen molar-refractivity contribution in [1.82, 2.24) is 0 Å². The average Bonchev–Trinajstić information content (AvgIpc) is 2.24. The molecule has 0 N–H and O–H groups in total. The van der Waals surface area contributed by atoms with Crippen molar-refractivity contribution < 1.29 is 4.79 Å². The minimum atomic E-state index is 0.0869. The van der Waals surface area contributed by atoms with E-state index in [0.717, 1.165) is 0 Å². The molecule has 1 aromatic rings. The maximum absolute atomic E-state index is 11.4. The number of halogens is 1. The van der Waals surface area contributed by atoms with Crippen LogP contribution < -0.4 is 0 Å². The first-order chi connectivity index (χ1) is 6.84. The lowest BCUT2D eigenvalue weighted by Crippen LogP contribution is -1.97. The highest BCUT2D eigenvalue weighted by molar-refractivity contribution is 9.09. The molecule has 0 aliphatic carbocycles. The summed E-state index contributed by atoms with van der Waals surface area (Å²) in [5, 5.41) is 0.358. The molecule has 1 aromatic carbocycles. The summed E-state index contributed by atoms with van der Waals surface area (Å²) in [5.74, 6) is 0.0869. The summed E-state index contributed by atoms with van der Waals surface area (Å²) in [5.41, 5.74) is 0.707. The lowest BCUT2D eigenvalue weighted by Gasteiger charge is -1.91. The lowest BCUT2D eigenvalue weighted by molar-refractivity contribution is 0.102. The average molecular weight is 251 g/mol. The van der Waals surface area contributed by atoms with Gasteiger partial charge >= 0.3 is 0 Å². The Hall–Kier alpha value is -1.15. The van der Waals surface area contributed by atoms with Crippen LogP contribution in [-0.2, 0) is 0 Å². The Labute approximate surface area is 92.2 Å². The Morgan fingerprint density at radius 2 is 1.36 bits per heavy atom. The van der Waals surface area contributed by atoms with E-state index in [1.807, 2.05) is 54.6 Å². The van der Waals surface area contributed by atoms with Crippen LogP contribution in [0.15, 0.2) is 54.6 Å². The number of rotatable bonds is 2. The molecule has 0 aromatic heterocycles. The van der Waals surface area contributed by atoms with Gasteiger partial charge in [0.05, 0.1) is 5.33 Å². The molecule has 0 aliphatic heterocycles. The first kappa shape index (κ1) is 10.9.